The molecule has 2 saturated heterocycles. The van der Waals surface area contributed by atoms with Crippen LogP contribution in [0.2, 0.25) is 0 Å². The number of hydrogen-bond acceptors (Lipinski definition) is 3. The monoisotopic (exact) mass is 266 g/mol. The van der Waals surface area contributed by atoms with E-state index in [0.29, 0.717) is 12.6 Å². The lowest BCUT2D eigenvalue weighted by molar-refractivity contribution is -0.124. The summed E-state index contributed by atoms with van der Waals surface area (Å²) in [4.78, 5) is 26.0. The molecule has 2 aliphatic heterocycles. The lowest BCUT2D eigenvalue weighted by Crippen LogP contribution is -2.31. The Morgan fingerprint density at radius 1 is 1.47 bits per heavy atom. The van der Waals surface area contributed by atoms with Gasteiger partial charge in [0, 0.05) is 13.6 Å². The topological polar surface area (TPSA) is 53.2 Å². The van der Waals surface area contributed by atoms with Crippen molar-refractivity contribution < 1.29 is 14.3 Å². The van der Waals surface area contributed by atoms with E-state index in [-0.39, 0.29) is 24.1 Å². The number of ether oxygens (including phenoxy) is 1. The number of nitrogens with zero attached hydrogens (tertiary/aromatic N) is 2. The second kappa shape index (κ2) is 4.96. The summed E-state index contributed by atoms with van der Waals surface area (Å²) in [7, 11) is 1.64. The minimum atomic E-state index is -0.208. The average molecular weight is 266 g/mol. The van der Waals surface area contributed by atoms with Gasteiger partial charge in [-0.05, 0) is 33.6 Å². The Labute approximate surface area is 114 Å². The van der Waals surface area contributed by atoms with Crippen LogP contribution in [0.3, 0.4) is 0 Å². The van der Waals surface area contributed by atoms with E-state index in [2.05, 4.69) is 13.8 Å². The summed E-state index contributed by atoms with van der Waals surface area (Å²) in [5, 5.41) is 0. The number of urea groups is 1. The van der Waals surface area contributed by atoms with Crippen molar-refractivity contribution in [3.05, 3.63) is 11.6 Å². The van der Waals surface area contributed by atoms with E-state index < -0.39 is 0 Å². The van der Waals surface area contributed by atoms with E-state index in [1.165, 1.54) is 15.4 Å². The normalized spacial score (nSPS) is 26.3. The third kappa shape index (κ3) is 3.15. The van der Waals surface area contributed by atoms with Crippen molar-refractivity contribution in [2.75, 3.05) is 20.1 Å². The number of hydrogen-bond donors (Lipinski definition) is 0. The highest BCUT2D eigenvalue weighted by atomic mass is 16.6. The van der Waals surface area contributed by atoms with Crippen molar-refractivity contribution >= 4 is 11.9 Å². The highest BCUT2D eigenvalue weighted by molar-refractivity contribution is 6.01. The molecule has 0 bridgehead atoms. The first-order valence-corrected chi connectivity index (χ1v) is 6.70. The molecule has 0 N–H and O–H groups in total. The fourth-order valence-corrected chi connectivity index (χ4v) is 2.30. The SMILES string of the molecule is C/C(=C/CN1C(=O)CN(C)C1=O)CC[C@H]1OC1(C)C. The quantitative estimate of drug-likeness (QED) is 0.433. The van der Waals surface area contributed by atoms with Crippen molar-refractivity contribution in [2.24, 2.45) is 0 Å². The number of epoxide rings is 1. The molecule has 2 fully saturated rings. The van der Waals surface area contributed by atoms with Crippen molar-refractivity contribution in [3.63, 3.8) is 0 Å². The second-order valence-electron chi connectivity index (χ2n) is 5.94. The standard InChI is InChI=1S/C14H22N2O3/c1-10(5-6-11-14(2,3)19-11)7-8-16-12(17)9-15(4)13(16)18/h7,11H,5-6,8-9H2,1-4H3/b10-7-/t11-/m1/s1. The molecule has 19 heavy (non-hydrogen) atoms. The molecule has 0 radical (unpaired) electrons. The maximum Gasteiger partial charge on any atom is 0.327 e. The van der Waals surface area contributed by atoms with Crippen LogP contribution in [0.1, 0.15) is 33.6 Å². The Morgan fingerprint density at radius 3 is 2.58 bits per heavy atom. The summed E-state index contributed by atoms with van der Waals surface area (Å²) < 4.78 is 5.53. The van der Waals surface area contributed by atoms with Gasteiger partial charge in [-0.3, -0.25) is 9.69 Å². The van der Waals surface area contributed by atoms with Crippen LogP contribution in [-0.2, 0) is 9.53 Å². The van der Waals surface area contributed by atoms with E-state index >= 15 is 0 Å². The van der Waals surface area contributed by atoms with Crippen molar-refractivity contribution in [1.29, 1.82) is 0 Å². The molecule has 0 aromatic carbocycles. The van der Waals surface area contributed by atoms with Gasteiger partial charge in [0.05, 0.1) is 11.7 Å². The van der Waals surface area contributed by atoms with Gasteiger partial charge in [0.1, 0.15) is 6.54 Å². The summed E-state index contributed by atoms with van der Waals surface area (Å²) in [6.45, 7) is 6.78. The minimum Gasteiger partial charge on any atom is -0.367 e. The van der Waals surface area contributed by atoms with Crippen LogP contribution >= 0.6 is 0 Å². The Morgan fingerprint density at radius 2 is 2.11 bits per heavy atom. The lowest BCUT2D eigenvalue weighted by atomic mass is 10.0. The predicted molar refractivity (Wildman–Crippen MR) is 71.7 cm³/mol. The molecule has 2 aliphatic rings. The van der Waals surface area contributed by atoms with Gasteiger partial charge in [0.2, 0.25) is 0 Å². The van der Waals surface area contributed by atoms with Crippen LogP contribution in [-0.4, -0.2) is 53.6 Å². The van der Waals surface area contributed by atoms with Crippen LogP contribution in [0.15, 0.2) is 11.6 Å². The molecule has 5 nitrogen and oxygen atoms in total. The maximum absolute atomic E-state index is 11.7. The van der Waals surface area contributed by atoms with Gasteiger partial charge in [0.25, 0.3) is 5.91 Å². The molecule has 0 aromatic rings. The molecule has 3 amide bonds. The summed E-state index contributed by atoms with van der Waals surface area (Å²) in [6.07, 6.45) is 4.25. The highest BCUT2D eigenvalue weighted by Crippen LogP contribution is 2.38. The van der Waals surface area contributed by atoms with Gasteiger partial charge < -0.3 is 9.64 Å². The van der Waals surface area contributed by atoms with Gasteiger partial charge in [-0.15, -0.1) is 0 Å². The van der Waals surface area contributed by atoms with Gasteiger partial charge >= 0.3 is 6.03 Å². The van der Waals surface area contributed by atoms with Gasteiger partial charge in [-0.2, -0.15) is 0 Å². The Bertz CT molecular complexity index is 428. The van der Waals surface area contributed by atoms with E-state index in [0.717, 1.165) is 12.8 Å². The Hall–Kier alpha value is -1.36. The van der Waals surface area contributed by atoms with Crippen molar-refractivity contribution in [2.45, 2.75) is 45.3 Å². The van der Waals surface area contributed by atoms with Gasteiger partial charge in [-0.1, -0.05) is 11.6 Å². The second-order valence-corrected chi connectivity index (χ2v) is 5.94. The van der Waals surface area contributed by atoms with Crippen LogP contribution in [0.4, 0.5) is 4.79 Å². The number of allylic oxidation sites excluding steroid dienone is 1. The van der Waals surface area contributed by atoms with Crippen LogP contribution in [0, 0.1) is 0 Å². The zero-order chi connectivity index (χ0) is 14.2. The first kappa shape index (κ1) is 14.1. The molecule has 2 rings (SSSR count). The molecule has 2 heterocycles. The predicted octanol–water partition coefficient (Wildman–Crippen LogP) is 1.78. The molecule has 0 aliphatic carbocycles. The smallest absolute Gasteiger partial charge is 0.327 e. The van der Waals surface area contributed by atoms with Crippen LogP contribution in [0.25, 0.3) is 0 Å². The third-order valence-corrected chi connectivity index (χ3v) is 3.82. The van der Waals surface area contributed by atoms with E-state index in [9.17, 15) is 9.59 Å². The van der Waals surface area contributed by atoms with Crippen molar-refractivity contribution in [1.82, 2.24) is 9.80 Å². The van der Waals surface area contributed by atoms with Crippen LogP contribution < -0.4 is 0 Å². The lowest BCUT2D eigenvalue weighted by Gasteiger charge is -2.12. The summed E-state index contributed by atoms with van der Waals surface area (Å²) >= 11 is 0. The fourth-order valence-electron chi connectivity index (χ4n) is 2.30. The van der Waals surface area contributed by atoms with E-state index in [4.69, 9.17) is 4.74 Å². The number of amides is 3. The minimum absolute atomic E-state index is 0.0316. The maximum atomic E-state index is 11.7. The van der Waals surface area contributed by atoms with Gasteiger partial charge in [0.15, 0.2) is 0 Å². The number of carbonyl (C=O) groups is 2. The Kier molecular flexibility index (Phi) is 3.67. The fraction of sp³-hybridized carbons (Fsp3) is 0.714. The third-order valence-electron chi connectivity index (χ3n) is 3.82. The highest BCUT2D eigenvalue weighted by Gasteiger charge is 2.46. The van der Waals surface area contributed by atoms with Crippen LogP contribution in [0.5, 0.6) is 0 Å². The average Bonchev–Trinajstić information content (AvgIpc) is 2.85. The molecule has 0 spiro atoms. The number of imide groups is 1. The molecule has 5 heteroatoms. The summed E-state index contributed by atoms with van der Waals surface area (Å²) in [5.74, 6) is -0.122. The first-order valence-electron chi connectivity index (χ1n) is 6.70. The number of rotatable bonds is 5. The Balaban J connectivity index is 1.78. The van der Waals surface area contributed by atoms with Gasteiger partial charge in [-0.25, -0.2) is 4.79 Å². The molecule has 0 unspecified atom stereocenters. The summed E-state index contributed by atoms with van der Waals surface area (Å²) in [5.41, 5.74) is 1.23. The molecular weight excluding hydrogens is 244 g/mol. The number of likely N-dealkylation sites (N-methyl/N-ethyl adjacent to an activating group) is 1. The zero-order valence-electron chi connectivity index (χ0n) is 12.1. The molecule has 0 saturated carbocycles. The molecule has 1 atom stereocenters. The number of carbonyl (C=O) groups excluding carboxylic acids is 2. The molecular formula is C14H22N2O3. The zero-order valence-corrected chi connectivity index (χ0v) is 12.1. The van der Waals surface area contributed by atoms with E-state index in [1.807, 2.05) is 13.0 Å². The molecule has 0 aromatic heterocycles. The largest absolute Gasteiger partial charge is 0.367 e. The summed E-state index contributed by atoms with van der Waals surface area (Å²) in [6, 6.07) is -0.208. The molecule has 106 valence electrons. The first-order chi connectivity index (χ1) is 8.81. The van der Waals surface area contributed by atoms with Crippen molar-refractivity contribution in [3.8, 4) is 0 Å². The van der Waals surface area contributed by atoms with E-state index in [1.54, 1.807) is 7.05 Å².